The average Bonchev–Trinajstić information content (AvgIpc) is 3.21. The van der Waals surface area contributed by atoms with Crippen molar-refractivity contribution in [2.75, 3.05) is 32.3 Å². The molecule has 202 valence electrons. The van der Waals surface area contributed by atoms with Crippen LogP contribution >= 0.6 is 0 Å². The number of carbonyl (C=O) groups is 2. The molecule has 1 fully saturated rings. The predicted molar refractivity (Wildman–Crippen MR) is 147 cm³/mol. The van der Waals surface area contributed by atoms with E-state index in [1.807, 2.05) is 20.8 Å². The van der Waals surface area contributed by atoms with E-state index in [1.165, 1.54) is 12.0 Å². The number of amides is 1. The molecule has 2 aliphatic rings. The number of aliphatic hydroxyl groups is 1. The van der Waals surface area contributed by atoms with Crippen LogP contribution in [-0.4, -0.2) is 44.2 Å². The van der Waals surface area contributed by atoms with Crippen LogP contribution in [0.5, 0.6) is 23.0 Å². The summed E-state index contributed by atoms with van der Waals surface area (Å²) in [6.07, 6.45) is 0. The highest BCUT2D eigenvalue weighted by atomic mass is 16.6. The van der Waals surface area contributed by atoms with Crippen molar-refractivity contribution in [3.63, 3.8) is 0 Å². The molecule has 8 heteroatoms. The van der Waals surface area contributed by atoms with Crippen molar-refractivity contribution in [3.8, 4) is 23.0 Å². The first-order valence-corrected chi connectivity index (χ1v) is 12.7. The van der Waals surface area contributed by atoms with Gasteiger partial charge in [0.05, 0.1) is 25.8 Å². The van der Waals surface area contributed by atoms with Crippen molar-refractivity contribution in [2.24, 2.45) is 0 Å². The lowest BCUT2D eigenvalue weighted by molar-refractivity contribution is -0.132. The fourth-order valence-electron chi connectivity index (χ4n) is 5.06. The third-order valence-electron chi connectivity index (χ3n) is 6.96. The minimum atomic E-state index is -0.955. The molecule has 0 spiro atoms. The number of para-hydroxylation sites is 1. The molecular formula is C31H31NO7. The Morgan fingerprint density at radius 1 is 0.897 bits per heavy atom. The molecule has 0 radical (unpaired) electrons. The van der Waals surface area contributed by atoms with Gasteiger partial charge >= 0.3 is 0 Å². The van der Waals surface area contributed by atoms with Gasteiger partial charge in [0.15, 0.2) is 11.5 Å². The summed E-state index contributed by atoms with van der Waals surface area (Å²) < 4.78 is 22.5. The molecule has 1 N–H and O–H groups in total. The lowest BCUT2D eigenvalue weighted by atomic mass is 9.84. The number of hydrogen-bond donors (Lipinski definition) is 1. The Balaban J connectivity index is 1.73. The highest BCUT2D eigenvalue weighted by Crippen LogP contribution is 2.47. The zero-order valence-corrected chi connectivity index (χ0v) is 22.6. The fraction of sp³-hybridized carbons (Fsp3) is 0.290. The monoisotopic (exact) mass is 529 g/mol. The Morgan fingerprint density at radius 2 is 1.59 bits per heavy atom. The first-order chi connectivity index (χ1) is 18.7. The Hall–Kier alpha value is -4.46. The van der Waals surface area contributed by atoms with Gasteiger partial charge in [0.25, 0.3) is 11.7 Å². The smallest absolute Gasteiger partial charge is 0.300 e. The molecule has 2 aliphatic heterocycles. The number of hydrogen-bond acceptors (Lipinski definition) is 7. The van der Waals surface area contributed by atoms with E-state index >= 15 is 0 Å². The number of aliphatic hydroxyl groups excluding tert-OH is 1. The predicted octanol–water partition coefficient (Wildman–Crippen LogP) is 5.40. The summed E-state index contributed by atoms with van der Waals surface area (Å²) in [7, 11) is 3.11. The van der Waals surface area contributed by atoms with Crippen LogP contribution in [0.2, 0.25) is 0 Å². The van der Waals surface area contributed by atoms with Crippen LogP contribution in [0.4, 0.5) is 5.69 Å². The Bertz CT molecular complexity index is 1480. The van der Waals surface area contributed by atoms with E-state index in [-0.39, 0.29) is 16.7 Å². The second-order valence-corrected chi connectivity index (χ2v) is 10.4. The second-order valence-electron chi connectivity index (χ2n) is 10.4. The summed E-state index contributed by atoms with van der Waals surface area (Å²) in [4.78, 5) is 28.7. The van der Waals surface area contributed by atoms with Gasteiger partial charge in [-0.15, -0.1) is 0 Å². The SMILES string of the molecule is COc1ccccc1C1/C(=C(\O)c2ccc(OC)c(C(C)(C)C)c2)C(=O)C(=O)N1c1ccc2c(c1)OCCO2. The molecule has 39 heavy (non-hydrogen) atoms. The maximum absolute atomic E-state index is 13.7. The fourth-order valence-corrected chi connectivity index (χ4v) is 5.06. The molecule has 2 heterocycles. The number of benzene rings is 3. The van der Waals surface area contributed by atoms with E-state index in [0.29, 0.717) is 53.0 Å². The van der Waals surface area contributed by atoms with Gasteiger partial charge in [0.2, 0.25) is 0 Å². The quantitative estimate of drug-likeness (QED) is 0.269. The minimum absolute atomic E-state index is 0.0376. The van der Waals surface area contributed by atoms with Crippen molar-refractivity contribution < 1.29 is 33.6 Å². The van der Waals surface area contributed by atoms with Gasteiger partial charge in [-0.3, -0.25) is 14.5 Å². The van der Waals surface area contributed by atoms with E-state index in [4.69, 9.17) is 18.9 Å². The van der Waals surface area contributed by atoms with Gasteiger partial charge in [-0.05, 0) is 41.8 Å². The topological polar surface area (TPSA) is 94.5 Å². The molecule has 5 rings (SSSR count). The van der Waals surface area contributed by atoms with Crippen LogP contribution in [0.1, 0.15) is 43.5 Å². The third-order valence-corrected chi connectivity index (χ3v) is 6.96. The Morgan fingerprint density at radius 3 is 2.28 bits per heavy atom. The minimum Gasteiger partial charge on any atom is -0.507 e. The van der Waals surface area contributed by atoms with Crippen molar-refractivity contribution in [1.82, 2.24) is 0 Å². The molecule has 0 saturated carbocycles. The van der Waals surface area contributed by atoms with E-state index < -0.39 is 17.7 Å². The van der Waals surface area contributed by atoms with Crippen LogP contribution in [0, 0.1) is 0 Å². The number of rotatable bonds is 5. The zero-order valence-electron chi connectivity index (χ0n) is 22.6. The number of ether oxygens (including phenoxy) is 4. The molecule has 1 unspecified atom stereocenters. The number of ketones is 1. The maximum Gasteiger partial charge on any atom is 0.300 e. The molecule has 0 bridgehead atoms. The van der Waals surface area contributed by atoms with Gasteiger partial charge in [0, 0.05) is 28.4 Å². The van der Waals surface area contributed by atoms with Crippen LogP contribution in [0.15, 0.2) is 66.2 Å². The van der Waals surface area contributed by atoms with Gasteiger partial charge in [-0.1, -0.05) is 39.0 Å². The van der Waals surface area contributed by atoms with Gasteiger partial charge in [-0.25, -0.2) is 0 Å². The molecular weight excluding hydrogens is 498 g/mol. The number of methoxy groups -OCH3 is 2. The van der Waals surface area contributed by atoms with Crippen molar-refractivity contribution >= 4 is 23.1 Å². The summed E-state index contributed by atoms with van der Waals surface area (Å²) in [5, 5.41) is 11.7. The van der Waals surface area contributed by atoms with Crippen molar-refractivity contribution in [3.05, 3.63) is 82.9 Å². The Labute approximate surface area is 227 Å². The van der Waals surface area contributed by atoms with Gasteiger partial charge in [0.1, 0.15) is 30.5 Å². The zero-order chi connectivity index (χ0) is 27.9. The molecule has 3 aromatic rings. The number of anilines is 1. The molecule has 1 atom stereocenters. The molecule has 0 aromatic heterocycles. The summed E-state index contributed by atoms with van der Waals surface area (Å²) in [5.41, 5.74) is 1.90. The van der Waals surface area contributed by atoms with Crippen molar-refractivity contribution in [2.45, 2.75) is 32.2 Å². The van der Waals surface area contributed by atoms with E-state index in [1.54, 1.807) is 67.8 Å². The van der Waals surface area contributed by atoms with Crippen LogP contribution in [-0.2, 0) is 15.0 Å². The highest BCUT2D eigenvalue weighted by Gasteiger charge is 2.48. The summed E-state index contributed by atoms with van der Waals surface area (Å²) in [5.74, 6) is 0.324. The van der Waals surface area contributed by atoms with Crippen molar-refractivity contribution in [1.29, 1.82) is 0 Å². The standard InChI is InChI=1S/C31H31NO7/c1-31(2,3)21-16-18(10-12-23(21)37-5)28(33)26-27(20-8-6-7-9-22(20)36-4)32(30(35)29(26)34)19-11-13-24-25(17-19)39-15-14-38-24/h6-13,16-17,27,33H,14-15H2,1-5H3/b28-26+. The average molecular weight is 530 g/mol. The largest absolute Gasteiger partial charge is 0.507 e. The lowest BCUT2D eigenvalue weighted by Gasteiger charge is -2.28. The van der Waals surface area contributed by atoms with Crippen LogP contribution in [0.25, 0.3) is 5.76 Å². The van der Waals surface area contributed by atoms with E-state index in [2.05, 4.69) is 0 Å². The second kappa shape index (κ2) is 10.0. The number of fused-ring (bicyclic) bond motifs is 1. The number of nitrogens with zero attached hydrogens (tertiary/aromatic N) is 1. The maximum atomic E-state index is 13.7. The summed E-state index contributed by atoms with van der Waals surface area (Å²) in [6, 6.07) is 16.5. The third kappa shape index (κ3) is 4.56. The first kappa shape index (κ1) is 26.2. The van der Waals surface area contributed by atoms with Crippen LogP contribution in [0.3, 0.4) is 0 Å². The highest BCUT2D eigenvalue weighted by molar-refractivity contribution is 6.51. The first-order valence-electron chi connectivity index (χ1n) is 12.7. The molecule has 8 nitrogen and oxygen atoms in total. The number of Topliss-reactive ketones (excluding diaryl/α,β-unsaturated/α-hetero) is 1. The molecule has 3 aromatic carbocycles. The lowest BCUT2D eigenvalue weighted by Crippen LogP contribution is -2.30. The van der Waals surface area contributed by atoms with E-state index in [0.717, 1.165) is 5.56 Å². The van der Waals surface area contributed by atoms with Gasteiger partial charge in [-0.2, -0.15) is 0 Å². The van der Waals surface area contributed by atoms with E-state index in [9.17, 15) is 14.7 Å². The molecule has 1 saturated heterocycles. The molecule has 0 aliphatic carbocycles. The summed E-state index contributed by atoms with van der Waals surface area (Å²) in [6.45, 7) is 6.90. The molecule has 1 amide bonds. The normalized spacial score (nSPS) is 18.3. The van der Waals surface area contributed by atoms with Gasteiger partial charge < -0.3 is 24.1 Å². The summed E-state index contributed by atoms with van der Waals surface area (Å²) >= 11 is 0. The van der Waals surface area contributed by atoms with Crippen LogP contribution < -0.4 is 23.8 Å². The Kier molecular flexibility index (Phi) is 6.72. The number of carbonyl (C=O) groups excluding carboxylic acids is 2.